The van der Waals surface area contributed by atoms with Gasteiger partial charge >= 0.3 is 6.15 Å². The minimum Gasteiger partial charge on any atom is -0.496 e. The summed E-state index contributed by atoms with van der Waals surface area (Å²) >= 11 is 1.75. The van der Waals surface area contributed by atoms with Gasteiger partial charge in [-0.3, -0.25) is 4.31 Å². The molecule has 0 amide bonds. The average molecular weight is 428 g/mol. The lowest BCUT2D eigenvalue weighted by molar-refractivity contribution is -0.191. The Morgan fingerprint density at radius 2 is 1.90 bits per heavy atom. The normalized spacial score (nSPS) is 10.0. The van der Waals surface area contributed by atoms with Crippen LogP contribution in [-0.2, 0) is 15.3 Å². The maximum Gasteiger partial charge on any atom is 0.373 e. The van der Waals surface area contributed by atoms with Crippen molar-refractivity contribution < 1.29 is 18.7 Å². The molecule has 0 saturated carbocycles. The van der Waals surface area contributed by atoms with Gasteiger partial charge in [0.1, 0.15) is 17.4 Å². The molecule has 0 spiro atoms. The Kier molecular flexibility index (Phi) is 9.03. The molecule has 0 fully saturated rings. The van der Waals surface area contributed by atoms with Gasteiger partial charge in [-0.25, -0.2) is 9.37 Å². The summed E-state index contributed by atoms with van der Waals surface area (Å²) in [4.78, 5) is 20.6. The second-order valence-electron chi connectivity index (χ2n) is 6.27. The van der Waals surface area contributed by atoms with Crippen LogP contribution >= 0.6 is 11.9 Å². The summed E-state index contributed by atoms with van der Waals surface area (Å²) in [6.45, 7) is 0. The van der Waals surface area contributed by atoms with Crippen LogP contribution in [0.4, 0.5) is 15.9 Å². The van der Waals surface area contributed by atoms with Gasteiger partial charge in [-0.05, 0) is 61.6 Å². The van der Waals surface area contributed by atoms with Gasteiger partial charge in [-0.2, -0.15) is 9.59 Å². The van der Waals surface area contributed by atoms with Crippen LogP contribution in [0, 0.1) is 5.82 Å². The van der Waals surface area contributed by atoms with E-state index < -0.39 is 0 Å². The molecule has 0 unspecified atom stereocenters. The van der Waals surface area contributed by atoms with Gasteiger partial charge in [0.25, 0.3) is 0 Å². The summed E-state index contributed by atoms with van der Waals surface area (Å²) in [6, 6.07) is 16.6. The van der Waals surface area contributed by atoms with E-state index in [9.17, 15) is 4.39 Å². The highest BCUT2D eigenvalue weighted by molar-refractivity contribution is 7.96. The molecule has 0 radical (unpaired) electrons. The van der Waals surface area contributed by atoms with E-state index in [2.05, 4.69) is 26.7 Å². The van der Waals surface area contributed by atoms with Gasteiger partial charge in [-0.15, -0.1) is 0 Å². The number of hydrogen-bond donors (Lipinski definition) is 1. The molecule has 0 aliphatic carbocycles. The molecule has 1 N–H and O–H groups in total. The number of benzene rings is 2. The molecule has 8 heteroatoms. The third-order valence-electron chi connectivity index (χ3n) is 3.92. The van der Waals surface area contributed by atoms with Gasteiger partial charge < -0.3 is 10.1 Å². The molecule has 0 atom stereocenters. The number of halogens is 1. The molecule has 0 saturated heterocycles. The number of hydrogen-bond acceptors (Lipinski definition) is 7. The monoisotopic (exact) mass is 427 g/mol. The van der Waals surface area contributed by atoms with E-state index in [0.717, 1.165) is 28.4 Å². The van der Waals surface area contributed by atoms with Crippen LogP contribution in [0.15, 0.2) is 60.8 Å². The number of nitrogens with one attached hydrogen (secondary N) is 1. The maximum absolute atomic E-state index is 13.5. The highest BCUT2D eigenvalue weighted by Crippen LogP contribution is 2.32. The van der Waals surface area contributed by atoms with Crippen LogP contribution in [0.2, 0.25) is 0 Å². The molecule has 0 aliphatic heterocycles. The van der Waals surface area contributed by atoms with E-state index >= 15 is 0 Å². The smallest absolute Gasteiger partial charge is 0.373 e. The number of carbonyl (C=O) groups excluding carboxylic acids is 2. The largest absolute Gasteiger partial charge is 0.496 e. The molecule has 0 bridgehead atoms. The van der Waals surface area contributed by atoms with Crippen molar-refractivity contribution in [3.63, 3.8) is 0 Å². The maximum atomic E-state index is 13.5. The zero-order valence-electron chi connectivity index (χ0n) is 16.9. The Bertz CT molecular complexity index is 1010. The number of aromatic nitrogens is 1. The van der Waals surface area contributed by atoms with E-state index in [0.29, 0.717) is 5.75 Å². The van der Waals surface area contributed by atoms with E-state index in [1.165, 1.54) is 24.8 Å². The minimum absolute atomic E-state index is 0.250. The Morgan fingerprint density at radius 3 is 2.60 bits per heavy atom. The molecule has 6 nitrogen and oxygen atoms in total. The first-order valence-electron chi connectivity index (χ1n) is 8.92. The number of rotatable bonds is 7. The second kappa shape index (κ2) is 11.7. The van der Waals surface area contributed by atoms with Crippen molar-refractivity contribution in [2.75, 3.05) is 26.5 Å². The Labute approximate surface area is 179 Å². The Morgan fingerprint density at radius 1 is 1.13 bits per heavy atom. The highest BCUT2D eigenvalue weighted by Gasteiger charge is 2.09. The summed E-state index contributed by atoms with van der Waals surface area (Å²) in [6.07, 6.45) is 1.98. The van der Waals surface area contributed by atoms with Crippen LogP contribution in [0.5, 0.6) is 5.75 Å². The van der Waals surface area contributed by atoms with Gasteiger partial charge in [0.05, 0.1) is 7.11 Å². The van der Waals surface area contributed by atoms with Crippen LogP contribution in [0.1, 0.15) is 5.56 Å². The first-order chi connectivity index (χ1) is 14.5. The standard InChI is InChI=1S/C21H22FN3OS.CO2/c1-25(2)27-14-15-5-4-6-18(11-15)24-21-12-16(9-10-23-21)19-8-7-17(22)13-20(19)26-3;2-1-3/h4-13H,14H2,1-3H3,(H,23,24);. The predicted molar refractivity (Wildman–Crippen MR) is 116 cm³/mol. The lowest BCUT2D eigenvalue weighted by Crippen LogP contribution is -2.00. The Hall–Kier alpha value is -3.19. The number of ether oxygens (including phenoxy) is 1. The van der Waals surface area contributed by atoms with Crippen molar-refractivity contribution in [3.8, 4) is 16.9 Å². The number of anilines is 2. The van der Waals surface area contributed by atoms with E-state index in [-0.39, 0.29) is 12.0 Å². The summed E-state index contributed by atoms with van der Waals surface area (Å²) in [5.41, 5.74) is 3.93. The lowest BCUT2D eigenvalue weighted by Gasteiger charge is -2.12. The average Bonchev–Trinajstić information content (AvgIpc) is 2.73. The summed E-state index contributed by atoms with van der Waals surface area (Å²) in [7, 11) is 5.60. The highest BCUT2D eigenvalue weighted by atomic mass is 32.2. The quantitative estimate of drug-likeness (QED) is 0.545. The fourth-order valence-electron chi connectivity index (χ4n) is 2.66. The predicted octanol–water partition coefficient (Wildman–Crippen LogP) is 4.77. The van der Waals surface area contributed by atoms with Gasteiger partial charge in [0.15, 0.2) is 0 Å². The summed E-state index contributed by atoms with van der Waals surface area (Å²) in [5.74, 6) is 1.80. The van der Waals surface area contributed by atoms with Gasteiger partial charge in [-0.1, -0.05) is 24.1 Å². The molecule has 3 aromatic rings. The van der Waals surface area contributed by atoms with E-state index in [4.69, 9.17) is 14.3 Å². The summed E-state index contributed by atoms with van der Waals surface area (Å²) in [5, 5.41) is 3.34. The first-order valence-corrected chi connectivity index (χ1v) is 9.86. The Balaban J connectivity index is 0.00000101. The third kappa shape index (κ3) is 7.00. The SMILES string of the molecule is COc1cc(F)ccc1-c1ccnc(Nc2cccc(CSN(C)C)c2)c1.O=C=O. The van der Waals surface area contributed by atoms with Crippen LogP contribution < -0.4 is 10.1 Å². The van der Waals surface area contributed by atoms with Crippen LogP contribution in [-0.4, -0.2) is 36.6 Å². The third-order valence-corrected chi connectivity index (χ3v) is 4.90. The topological polar surface area (TPSA) is 71.5 Å². The molecular formula is C22H22FN3O3S. The zero-order chi connectivity index (χ0) is 21.9. The van der Waals surface area contributed by atoms with Gasteiger partial charge in [0.2, 0.25) is 0 Å². The fraction of sp³-hybridized carbons (Fsp3) is 0.182. The second-order valence-corrected chi connectivity index (χ2v) is 7.55. The number of methoxy groups -OCH3 is 1. The molecule has 30 heavy (non-hydrogen) atoms. The van der Waals surface area contributed by atoms with E-state index in [1.807, 2.05) is 38.4 Å². The molecule has 156 valence electrons. The fourth-order valence-corrected chi connectivity index (χ4v) is 3.25. The van der Waals surface area contributed by atoms with Crippen LogP contribution in [0.3, 0.4) is 0 Å². The molecule has 3 rings (SSSR count). The molecular weight excluding hydrogens is 405 g/mol. The minimum atomic E-state index is -0.324. The molecule has 2 aromatic carbocycles. The zero-order valence-corrected chi connectivity index (χ0v) is 17.7. The van der Waals surface area contributed by atoms with Crippen molar-refractivity contribution >= 4 is 29.6 Å². The van der Waals surface area contributed by atoms with Gasteiger partial charge in [0, 0.05) is 29.3 Å². The van der Waals surface area contributed by atoms with Crippen molar-refractivity contribution in [2.45, 2.75) is 5.75 Å². The van der Waals surface area contributed by atoms with Crippen LogP contribution in [0.25, 0.3) is 11.1 Å². The molecule has 0 aliphatic rings. The number of pyridine rings is 1. The van der Waals surface area contributed by atoms with Crippen molar-refractivity contribution in [1.29, 1.82) is 0 Å². The lowest BCUT2D eigenvalue weighted by atomic mass is 10.1. The van der Waals surface area contributed by atoms with Crippen molar-refractivity contribution in [1.82, 2.24) is 9.29 Å². The van der Waals surface area contributed by atoms with Crippen molar-refractivity contribution in [3.05, 3.63) is 72.2 Å². The first kappa shape index (κ1) is 23.1. The molecule has 1 aromatic heterocycles. The van der Waals surface area contributed by atoms with E-state index in [1.54, 1.807) is 24.2 Å². The molecule has 1 heterocycles. The summed E-state index contributed by atoms with van der Waals surface area (Å²) < 4.78 is 20.9. The van der Waals surface area contributed by atoms with Crippen molar-refractivity contribution in [2.24, 2.45) is 0 Å². The number of nitrogens with zero attached hydrogens (tertiary/aromatic N) is 2.